The van der Waals surface area contributed by atoms with E-state index >= 15 is 0 Å². The number of benzene rings is 1. The van der Waals surface area contributed by atoms with Crippen molar-refractivity contribution < 1.29 is 0 Å². The van der Waals surface area contributed by atoms with Gasteiger partial charge in [0.2, 0.25) is 0 Å². The van der Waals surface area contributed by atoms with Crippen molar-refractivity contribution in [1.82, 2.24) is 9.03 Å². The molecule has 2 aromatic heterocycles. The van der Waals surface area contributed by atoms with E-state index in [1.54, 1.807) is 6.92 Å². The molecule has 22 heavy (non-hydrogen) atoms. The van der Waals surface area contributed by atoms with Crippen LogP contribution in [0.25, 0.3) is 0 Å². The minimum absolute atomic E-state index is 0.109. The van der Waals surface area contributed by atoms with E-state index in [1.165, 1.54) is 4.52 Å². The summed E-state index contributed by atoms with van der Waals surface area (Å²) in [6.45, 7) is 3.69. The van der Waals surface area contributed by atoms with Gasteiger partial charge in [-0.1, -0.05) is 17.7 Å². The minimum atomic E-state index is -0.394. The lowest BCUT2D eigenvalue weighted by Gasteiger charge is -1.96. The van der Waals surface area contributed by atoms with Crippen molar-refractivity contribution >= 4 is 29.8 Å². The van der Waals surface area contributed by atoms with Crippen LogP contribution < -0.4 is 16.8 Å². The molecule has 0 atom stereocenters. The van der Waals surface area contributed by atoms with Gasteiger partial charge in [-0.05, 0) is 26.0 Å². The molecule has 3 rings (SSSR count). The second-order valence-electron chi connectivity index (χ2n) is 4.98. The van der Waals surface area contributed by atoms with Crippen LogP contribution >= 0.6 is 12.6 Å². The van der Waals surface area contributed by atoms with Gasteiger partial charge in [0.25, 0.3) is 5.56 Å². The number of thiol groups is 1. The largest absolute Gasteiger partial charge is 0.382 e. The number of aryl methyl sites for hydroxylation is 2. The van der Waals surface area contributed by atoms with Gasteiger partial charge in [0.05, 0.1) is 16.3 Å². The highest BCUT2D eigenvalue weighted by atomic mass is 32.1. The molecule has 0 saturated heterocycles. The molecule has 0 aliphatic carbocycles. The predicted octanol–water partition coefficient (Wildman–Crippen LogP) is 2.22. The van der Waals surface area contributed by atoms with Crippen LogP contribution in [-0.2, 0) is 0 Å². The van der Waals surface area contributed by atoms with Crippen LogP contribution in [0, 0.1) is 19.3 Å². The Balaban J connectivity index is 2.16. The Morgan fingerprint density at radius 1 is 1.14 bits per heavy atom. The number of azo groups is 1. The summed E-state index contributed by atoms with van der Waals surface area (Å²) in [4.78, 5) is 12.3. The third-order valence-electron chi connectivity index (χ3n) is 3.46. The fourth-order valence-electron chi connectivity index (χ4n) is 2.23. The second kappa shape index (κ2) is 4.99. The topological polar surface area (TPSA) is 100 Å². The van der Waals surface area contributed by atoms with Crippen LogP contribution in [0.1, 0.15) is 11.3 Å². The average Bonchev–Trinajstić information content (AvgIpc) is 2.88. The van der Waals surface area contributed by atoms with Crippen LogP contribution in [0.2, 0.25) is 0 Å². The van der Waals surface area contributed by atoms with Crippen molar-refractivity contribution in [2.24, 2.45) is 10.2 Å². The smallest absolute Gasteiger partial charge is 0.286 e. The van der Waals surface area contributed by atoms with E-state index in [4.69, 9.17) is 11.1 Å². The van der Waals surface area contributed by atoms with Crippen LogP contribution in [0.4, 0.5) is 17.2 Å². The summed E-state index contributed by atoms with van der Waals surface area (Å²) in [6.07, 6.45) is 0. The van der Waals surface area contributed by atoms with E-state index in [2.05, 4.69) is 22.9 Å². The fourth-order valence-corrected chi connectivity index (χ4v) is 2.42. The van der Waals surface area contributed by atoms with E-state index in [9.17, 15) is 4.79 Å². The van der Waals surface area contributed by atoms with Gasteiger partial charge in [-0.3, -0.25) is 10.2 Å². The Kier molecular flexibility index (Phi) is 3.25. The number of hydrogen-bond acceptors (Lipinski definition) is 6. The lowest BCUT2D eigenvalue weighted by molar-refractivity contribution is 0.771. The molecular weight excluding hydrogens is 300 g/mol. The Labute approximate surface area is 131 Å². The van der Waals surface area contributed by atoms with E-state index < -0.39 is 5.56 Å². The number of nitrogens with one attached hydrogen (secondary N) is 1. The quantitative estimate of drug-likeness (QED) is 0.499. The van der Waals surface area contributed by atoms with Crippen molar-refractivity contribution in [3.8, 4) is 0 Å². The summed E-state index contributed by atoms with van der Waals surface area (Å²) in [5, 5.41) is 16.2. The van der Waals surface area contributed by atoms with Crippen LogP contribution in [0.5, 0.6) is 0 Å². The van der Waals surface area contributed by atoms with Gasteiger partial charge >= 0.3 is 0 Å². The number of nitrogens with two attached hydrogens (primary N) is 1. The normalized spacial score (nSPS) is 11.8. The third kappa shape index (κ3) is 2.00. The van der Waals surface area contributed by atoms with Crippen LogP contribution in [0.15, 0.2) is 44.2 Å². The number of fused-ring (bicyclic) bond motifs is 1. The average molecular weight is 314 g/mol. The standard InChI is InChI=1S/C14H14N6OS/c1-7-3-5-9(6-4-7)17-18-10-12(15)19-8(2)11(22)14(21)20(19)13(10)16/h3-6,16,22H,15H2,1-2H3. The van der Waals surface area contributed by atoms with Crippen LogP contribution in [0.3, 0.4) is 0 Å². The van der Waals surface area contributed by atoms with Gasteiger partial charge < -0.3 is 5.73 Å². The van der Waals surface area contributed by atoms with Crippen molar-refractivity contribution in [3.05, 3.63) is 51.4 Å². The molecule has 7 nitrogen and oxygen atoms in total. The van der Waals surface area contributed by atoms with E-state index in [0.717, 1.165) is 10.1 Å². The molecule has 112 valence electrons. The molecule has 0 radical (unpaired) electrons. The number of anilines is 1. The lowest BCUT2D eigenvalue weighted by Crippen LogP contribution is -2.21. The number of nitrogen functional groups attached to an aromatic ring is 1. The van der Waals surface area contributed by atoms with Crippen LogP contribution in [-0.4, -0.2) is 9.03 Å². The zero-order valence-corrected chi connectivity index (χ0v) is 12.9. The summed E-state index contributed by atoms with van der Waals surface area (Å²) in [5.74, 6) is 0.191. The Hall–Kier alpha value is -2.61. The molecule has 8 heteroatoms. The highest BCUT2D eigenvalue weighted by Gasteiger charge is 2.19. The van der Waals surface area contributed by atoms with E-state index in [-0.39, 0.29) is 21.9 Å². The van der Waals surface area contributed by atoms with Crippen molar-refractivity contribution in [2.45, 2.75) is 18.7 Å². The zero-order chi connectivity index (χ0) is 16.0. The highest BCUT2D eigenvalue weighted by Crippen LogP contribution is 2.23. The predicted molar refractivity (Wildman–Crippen MR) is 85.9 cm³/mol. The van der Waals surface area contributed by atoms with Gasteiger partial charge in [0.1, 0.15) is 0 Å². The summed E-state index contributed by atoms with van der Waals surface area (Å²) in [5.41, 5.74) is 7.99. The summed E-state index contributed by atoms with van der Waals surface area (Å²) in [6, 6.07) is 7.46. The SMILES string of the molecule is Cc1ccc(N=Nc2c(N)n3c(C)c(S)c(=O)n3c2=N)cc1. The molecule has 0 bridgehead atoms. The number of aromatic nitrogens is 2. The first kappa shape index (κ1) is 14.3. The molecule has 0 saturated carbocycles. The minimum Gasteiger partial charge on any atom is -0.382 e. The van der Waals surface area contributed by atoms with Crippen molar-refractivity contribution in [3.63, 3.8) is 0 Å². The van der Waals surface area contributed by atoms with E-state index in [0.29, 0.717) is 11.4 Å². The molecule has 0 aliphatic heterocycles. The van der Waals surface area contributed by atoms with Gasteiger partial charge in [-0.15, -0.1) is 17.7 Å². The molecule has 0 unspecified atom stereocenters. The molecule has 0 aliphatic rings. The van der Waals surface area contributed by atoms with Crippen molar-refractivity contribution in [1.29, 1.82) is 5.41 Å². The monoisotopic (exact) mass is 314 g/mol. The number of nitrogens with zero attached hydrogens (tertiary/aromatic N) is 4. The molecule has 1 aromatic carbocycles. The third-order valence-corrected chi connectivity index (χ3v) is 3.98. The maximum atomic E-state index is 12.1. The van der Waals surface area contributed by atoms with Gasteiger partial charge in [0, 0.05) is 0 Å². The number of hydrogen-bond donors (Lipinski definition) is 3. The number of rotatable bonds is 2. The Bertz CT molecular complexity index is 999. The van der Waals surface area contributed by atoms with E-state index in [1.807, 2.05) is 31.2 Å². The maximum Gasteiger partial charge on any atom is 0.286 e. The first-order valence-electron chi connectivity index (χ1n) is 6.53. The summed E-state index contributed by atoms with van der Waals surface area (Å²) < 4.78 is 2.56. The zero-order valence-electron chi connectivity index (χ0n) is 12.0. The lowest BCUT2D eigenvalue weighted by atomic mass is 10.2. The molecule has 0 fully saturated rings. The molecule has 0 amide bonds. The highest BCUT2D eigenvalue weighted by molar-refractivity contribution is 7.80. The summed E-state index contributed by atoms with van der Waals surface area (Å²) in [7, 11) is 0. The van der Waals surface area contributed by atoms with Gasteiger partial charge in [0.15, 0.2) is 17.0 Å². The van der Waals surface area contributed by atoms with Gasteiger partial charge in [-0.2, -0.15) is 9.63 Å². The fraction of sp³-hybridized carbons (Fsp3) is 0.143. The molecule has 0 spiro atoms. The molecular formula is C14H14N6OS. The Morgan fingerprint density at radius 2 is 1.77 bits per heavy atom. The summed E-state index contributed by atoms with van der Waals surface area (Å²) >= 11 is 4.14. The first-order chi connectivity index (χ1) is 10.4. The molecule has 3 aromatic rings. The van der Waals surface area contributed by atoms with Crippen molar-refractivity contribution in [2.75, 3.05) is 5.73 Å². The molecule has 3 N–H and O–H groups in total. The first-order valence-corrected chi connectivity index (χ1v) is 6.98. The molecule has 2 heterocycles. The second-order valence-corrected chi connectivity index (χ2v) is 5.43. The maximum absolute atomic E-state index is 12.1. The van der Waals surface area contributed by atoms with Gasteiger partial charge in [-0.25, -0.2) is 4.52 Å². The Morgan fingerprint density at radius 3 is 2.36 bits per heavy atom.